The van der Waals surface area contributed by atoms with Crippen molar-refractivity contribution in [3.05, 3.63) is 53.6 Å². The minimum Gasteiger partial charge on any atom is -0.481 e. The predicted molar refractivity (Wildman–Crippen MR) is 85.5 cm³/mol. The second kappa shape index (κ2) is 6.31. The molecular formula is C17H20N2O2. The number of hydrogen-bond donors (Lipinski definition) is 2. The molecule has 0 saturated heterocycles. The van der Waals surface area contributed by atoms with E-state index in [1.807, 2.05) is 44.2 Å². The number of carbonyl (C=O) groups excluding carboxylic acids is 1. The van der Waals surface area contributed by atoms with Crippen LogP contribution in [0.1, 0.15) is 18.1 Å². The standard InChI is InChI=1S/C17H20N2O2/c1-11-8-9-14(18)10-15(11)19-17(20)13(3)21-16-7-5-4-6-12(16)2/h4-10,13H,18H2,1-3H3,(H,19,20)/t13-/m1/s1. The lowest BCUT2D eigenvalue weighted by molar-refractivity contribution is -0.122. The van der Waals surface area contributed by atoms with Gasteiger partial charge in [0.05, 0.1) is 0 Å². The normalized spacial score (nSPS) is 11.8. The van der Waals surface area contributed by atoms with Crippen LogP contribution in [-0.4, -0.2) is 12.0 Å². The van der Waals surface area contributed by atoms with Gasteiger partial charge in [-0.3, -0.25) is 4.79 Å². The van der Waals surface area contributed by atoms with Crippen molar-refractivity contribution in [2.24, 2.45) is 0 Å². The van der Waals surface area contributed by atoms with Crippen molar-refractivity contribution in [3.63, 3.8) is 0 Å². The Labute approximate surface area is 124 Å². The number of carbonyl (C=O) groups is 1. The van der Waals surface area contributed by atoms with Crippen LogP contribution in [0, 0.1) is 13.8 Å². The Morgan fingerprint density at radius 1 is 1.14 bits per heavy atom. The van der Waals surface area contributed by atoms with Gasteiger partial charge in [-0.1, -0.05) is 24.3 Å². The molecule has 4 heteroatoms. The third-order valence-electron chi connectivity index (χ3n) is 3.29. The van der Waals surface area contributed by atoms with Gasteiger partial charge in [-0.2, -0.15) is 0 Å². The first kappa shape index (κ1) is 14.9. The van der Waals surface area contributed by atoms with Crippen LogP contribution in [0.15, 0.2) is 42.5 Å². The lowest BCUT2D eigenvalue weighted by atomic mass is 10.1. The summed E-state index contributed by atoms with van der Waals surface area (Å²) in [5.74, 6) is 0.511. The Morgan fingerprint density at radius 2 is 1.86 bits per heavy atom. The van der Waals surface area contributed by atoms with Gasteiger partial charge in [0.25, 0.3) is 5.91 Å². The Morgan fingerprint density at radius 3 is 2.57 bits per heavy atom. The highest BCUT2D eigenvalue weighted by Gasteiger charge is 2.16. The molecule has 1 atom stereocenters. The predicted octanol–water partition coefficient (Wildman–Crippen LogP) is 3.29. The number of anilines is 2. The number of nitrogens with one attached hydrogen (secondary N) is 1. The van der Waals surface area contributed by atoms with Crippen molar-refractivity contribution in [1.29, 1.82) is 0 Å². The van der Waals surface area contributed by atoms with Crippen molar-refractivity contribution in [2.75, 3.05) is 11.1 Å². The van der Waals surface area contributed by atoms with E-state index in [0.717, 1.165) is 11.1 Å². The van der Waals surface area contributed by atoms with Crippen molar-refractivity contribution in [2.45, 2.75) is 26.9 Å². The zero-order chi connectivity index (χ0) is 15.4. The summed E-state index contributed by atoms with van der Waals surface area (Å²) in [6.07, 6.45) is -0.591. The first-order valence-electron chi connectivity index (χ1n) is 6.86. The number of nitrogen functional groups attached to an aromatic ring is 1. The topological polar surface area (TPSA) is 64.3 Å². The molecular weight excluding hydrogens is 264 g/mol. The number of ether oxygens (including phenoxy) is 1. The van der Waals surface area contributed by atoms with Crippen molar-refractivity contribution < 1.29 is 9.53 Å². The van der Waals surface area contributed by atoms with E-state index in [4.69, 9.17) is 10.5 Å². The molecule has 4 nitrogen and oxygen atoms in total. The third kappa shape index (κ3) is 3.75. The number of hydrogen-bond acceptors (Lipinski definition) is 3. The van der Waals surface area contributed by atoms with Crippen LogP contribution < -0.4 is 15.8 Å². The average Bonchev–Trinajstić information content (AvgIpc) is 2.45. The van der Waals surface area contributed by atoms with E-state index >= 15 is 0 Å². The fourth-order valence-electron chi connectivity index (χ4n) is 1.94. The number of amides is 1. The first-order valence-corrected chi connectivity index (χ1v) is 6.86. The number of aryl methyl sites for hydroxylation is 2. The van der Waals surface area contributed by atoms with Crippen LogP contribution >= 0.6 is 0 Å². The van der Waals surface area contributed by atoms with Crippen molar-refractivity contribution in [3.8, 4) is 5.75 Å². The summed E-state index contributed by atoms with van der Waals surface area (Å²) in [4.78, 5) is 12.2. The molecule has 0 aliphatic rings. The van der Waals surface area contributed by atoms with E-state index in [0.29, 0.717) is 17.1 Å². The molecule has 1 amide bonds. The zero-order valence-electron chi connectivity index (χ0n) is 12.5. The number of para-hydroxylation sites is 1. The Balaban J connectivity index is 2.06. The summed E-state index contributed by atoms with van der Waals surface area (Å²) in [7, 11) is 0. The van der Waals surface area contributed by atoms with Crippen molar-refractivity contribution in [1.82, 2.24) is 0 Å². The molecule has 0 aromatic heterocycles. The molecule has 110 valence electrons. The number of benzene rings is 2. The highest BCUT2D eigenvalue weighted by Crippen LogP contribution is 2.20. The van der Waals surface area contributed by atoms with E-state index in [1.54, 1.807) is 19.1 Å². The first-order chi connectivity index (χ1) is 9.97. The summed E-state index contributed by atoms with van der Waals surface area (Å²) in [6.45, 7) is 5.59. The van der Waals surface area contributed by atoms with Gasteiger partial charge in [-0.05, 0) is 50.1 Å². The maximum absolute atomic E-state index is 12.2. The van der Waals surface area contributed by atoms with Gasteiger partial charge >= 0.3 is 0 Å². The van der Waals surface area contributed by atoms with E-state index in [9.17, 15) is 4.79 Å². The second-order valence-corrected chi connectivity index (χ2v) is 5.09. The fourth-order valence-corrected chi connectivity index (χ4v) is 1.94. The van der Waals surface area contributed by atoms with Gasteiger partial charge in [0.2, 0.25) is 0 Å². The van der Waals surface area contributed by atoms with Crippen LogP contribution in [0.4, 0.5) is 11.4 Å². The molecule has 0 fully saturated rings. The minimum absolute atomic E-state index is 0.202. The van der Waals surface area contributed by atoms with E-state index in [2.05, 4.69) is 5.32 Å². The summed E-state index contributed by atoms with van der Waals surface area (Å²) in [5.41, 5.74) is 9.02. The quantitative estimate of drug-likeness (QED) is 0.847. The molecule has 2 rings (SSSR count). The molecule has 3 N–H and O–H groups in total. The van der Waals surface area contributed by atoms with Gasteiger partial charge in [0, 0.05) is 11.4 Å². The highest BCUT2D eigenvalue weighted by molar-refractivity contribution is 5.95. The molecule has 0 radical (unpaired) electrons. The highest BCUT2D eigenvalue weighted by atomic mass is 16.5. The molecule has 0 aliphatic heterocycles. The SMILES string of the molecule is Cc1ccc(N)cc1NC(=O)[C@@H](C)Oc1ccccc1C. The van der Waals surface area contributed by atoms with Crippen LogP contribution in [0.3, 0.4) is 0 Å². The summed E-state index contributed by atoms with van der Waals surface area (Å²) in [5, 5.41) is 2.85. The molecule has 2 aromatic rings. The molecule has 0 spiro atoms. The van der Waals surface area contributed by atoms with Gasteiger partial charge in [0.1, 0.15) is 5.75 Å². The Hall–Kier alpha value is -2.49. The van der Waals surface area contributed by atoms with Gasteiger partial charge in [-0.25, -0.2) is 0 Å². The van der Waals surface area contributed by atoms with Crippen molar-refractivity contribution >= 4 is 17.3 Å². The maximum atomic E-state index is 12.2. The maximum Gasteiger partial charge on any atom is 0.265 e. The lowest BCUT2D eigenvalue weighted by Crippen LogP contribution is -2.30. The third-order valence-corrected chi connectivity index (χ3v) is 3.29. The largest absolute Gasteiger partial charge is 0.481 e. The number of nitrogens with two attached hydrogens (primary N) is 1. The molecule has 0 aliphatic carbocycles. The Kier molecular flexibility index (Phi) is 4.48. The average molecular weight is 284 g/mol. The number of rotatable bonds is 4. The molecule has 0 saturated carbocycles. The summed E-state index contributed by atoms with van der Waals surface area (Å²) < 4.78 is 5.71. The second-order valence-electron chi connectivity index (χ2n) is 5.09. The van der Waals surface area contributed by atoms with Gasteiger partial charge < -0.3 is 15.8 Å². The Bertz CT molecular complexity index is 653. The summed E-state index contributed by atoms with van der Waals surface area (Å²) >= 11 is 0. The monoisotopic (exact) mass is 284 g/mol. The molecule has 0 bridgehead atoms. The molecule has 2 aromatic carbocycles. The zero-order valence-corrected chi connectivity index (χ0v) is 12.5. The summed E-state index contributed by atoms with van der Waals surface area (Å²) in [6, 6.07) is 13.0. The molecule has 0 unspecified atom stereocenters. The van der Waals surface area contributed by atoms with Crippen LogP contribution in [-0.2, 0) is 4.79 Å². The molecule has 0 heterocycles. The minimum atomic E-state index is -0.591. The van der Waals surface area contributed by atoms with E-state index in [-0.39, 0.29) is 5.91 Å². The van der Waals surface area contributed by atoms with Crippen LogP contribution in [0.5, 0.6) is 5.75 Å². The van der Waals surface area contributed by atoms with Gasteiger partial charge in [-0.15, -0.1) is 0 Å². The smallest absolute Gasteiger partial charge is 0.265 e. The molecule has 21 heavy (non-hydrogen) atoms. The van der Waals surface area contributed by atoms with Crippen LogP contribution in [0.25, 0.3) is 0 Å². The van der Waals surface area contributed by atoms with E-state index in [1.165, 1.54) is 0 Å². The van der Waals surface area contributed by atoms with E-state index < -0.39 is 6.10 Å². The fraction of sp³-hybridized carbons (Fsp3) is 0.235. The lowest BCUT2D eigenvalue weighted by Gasteiger charge is -2.17. The van der Waals surface area contributed by atoms with Crippen LogP contribution in [0.2, 0.25) is 0 Å². The van der Waals surface area contributed by atoms with Gasteiger partial charge in [0.15, 0.2) is 6.10 Å².